The van der Waals surface area contributed by atoms with Gasteiger partial charge < -0.3 is 9.64 Å². The van der Waals surface area contributed by atoms with Gasteiger partial charge >= 0.3 is 0 Å². The van der Waals surface area contributed by atoms with Crippen molar-refractivity contribution >= 4 is 26.0 Å². The van der Waals surface area contributed by atoms with Gasteiger partial charge in [-0.05, 0) is 58.2 Å². The van der Waals surface area contributed by atoms with Crippen molar-refractivity contribution in [2.75, 3.05) is 53.9 Å². The average Bonchev–Trinajstić information content (AvgIpc) is 3.05. The van der Waals surface area contributed by atoms with Gasteiger partial charge in [0.05, 0.1) is 7.11 Å². The predicted octanol–water partition coefficient (Wildman–Crippen LogP) is 2.49. The van der Waals surface area contributed by atoms with E-state index in [0.29, 0.717) is 25.4 Å². The van der Waals surface area contributed by atoms with E-state index in [4.69, 9.17) is 4.74 Å². The summed E-state index contributed by atoms with van der Waals surface area (Å²) in [6, 6.07) is 5.38. The molecule has 8 heteroatoms. The molecule has 0 amide bonds. The number of sulfonamides is 1. The standard InChI is InChI=1S/C18H30BrN3O3S/c1-5-21-10-6-7-16(21)14-22(12-11-20(2)3)26(23,24)18-13-15(19)8-9-17(18)25-4/h8-9,13,16H,5-7,10-12,14H2,1-4H3. The fraction of sp³-hybridized carbons (Fsp3) is 0.667. The van der Waals surface area contributed by atoms with Gasteiger partial charge in [-0.15, -0.1) is 0 Å². The first kappa shape index (κ1) is 21.6. The maximum atomic E-state index is 13.4. The average molecular weight is 448 g/mol. The van der Waals surface area contributed by atoms with Crippen molar-refractivity contribution < 1.29 is 13.2 Å². The van der Waals surface area contributed by atoms with Crippen LogP contribution in [0.15, 0.2) is 27.6 Å². The third-order valence-corrected chi connectivity index (χ3v) is 7.24. The summed E-state index contributed by atoms with van der Waals surface area (Å²) in [7, 11) is 1.76. The lowest BCUT2D eigenvalue weighted by atomic mass is 10.2. The summed E-state index contributed by atoms with van der Waals surface area (Å²) >= 11 is 3.38. The van der Waals surface area contributed by atoms with Gasteiger partial charge in [0.15, 0.2) is 0 Å². The van der Waals surface area contributed by atoms with Crippen LogP contribution in [-0.2, 0) is 10.0 Å². The first-order valence-corrected chi connectivity index (χ1v) is 11.2. The zero-order valence-electron chi connectivity index (χ0n) is 16.1. The molecule has 1 atom stereocenters. The van der Waals surface area contributed by atoms with Crippen LogP contribution in [0.1, 0.15) is 19.8 Å². The first-order valence-electron chi connectivity index (χ1n) is 9.02. The van der Waals surface area contributed by atoms with Crippen molar-refractivity contribution in [1.29, 1.82) is 0 Å². The Morgan fingerprint density at radius 3 is 2.65 bits per heavy atom. The highest BCUT2D eigenvalue weighted by molar-refractivity contribution is 9.10. The van der Waals surface area contributed by atoms with E-state index in [9.17, 15) is 8.42 Å². The minimum atomic E-state index is -3.66. The Labute approximate surface area is 166 Å². The molecule has 1 heterocycles. The highest BCUT2D eigenvalue weighted by Crippen LogP contribution is 2.30. The Morgan fingerprint density at radius 1 is 1.31 bits per heavy atom. The summed E-state index contributed by atoms with van der Waals surface area (Å²) in [6.07, 6.45) is 2.16. The second-order valence-corrected chi connectivity index (χ2v) is 9.71. The molecule has 26 heavy (non-hydrogen) atoms. The van der Waals surface area contributed by atoms with Crippen LogP contribution < -0.4 is 4.74 Å². The quantitative estimate of drug-likeness (QED) is 0.581. The van der Waals surface area contributed by atoms with E-state index >= 15 is 0 Å². The molecule has 1 aromatic rings. The highest BCUT2D eigenvalue weighted by atomic mass is 79.9. The van der Waals surface area contributed by atoms with Gasteiger partial charge in [0.25, 0.3) is 0 Å². The minimum Gasteiger partial charge on any atom is -0.495 e. The SMILES string of the molecule is CCN1CCCC1CN(CCN(C)C)S(=O)(=O)c1cc(Br)ccc1OC. The molecule has 6 nitrogen and oxygen atoms in total. The van der Waals surface area contributed by atoms with Crippen LogP contribution in [0, 0.1) is 0 Å². The lowest BCUT2D eigenvalue weighted by Gasteiger charge is -2.30. The normalized spacial score (nSPS) is 18.8. The number of hydrogen-bond donors (Lipinski definition) is 0. The van der Waals surface area contributed by atoms with Gasteiger partial charge in [-0.25, -0.2) is 8.42 Å². The Kier molecular flexibility index (Phi) is 7.90. The molecular formula is C18H30BrN3O3S. The molecule has 1 aromatic carbocycles. The van der Waals surface area contributed by atoms with Crippen LogP contribution >= 0.6 is 15.9 Å². The van der Waals surface area contributed by atoms with Gasteiger partial charge in [0.1, 0.15) is 10.6 Å². The largest absolute Gasteiger partial charge is 0.495 e. The number of likely N-dealkylation sites (tertiary alicyclic amines) is 1. The first-order chi connectivity index (χ1) is 12.3. The van der Waals surface area contributed by atoms with E-state index in [0.717, 1.165) is 30.4 Å². The number of methoxy groups -OCH3 is 1. The van der Waals surface area contributed by atoms with E-state index in [1.165, 1.54) is 7.11 Å². The summed E-state index contributed by atoms with van der Waals surface area (Å²) in [5.74, 6) is 0.377. The summed E-state index contributed by atoms with van der Waals surface area (Å²) in [4.78, 5) is 4.60. The molecule has 1 saturated heterocycles. The molecule has 0 radical (unpaired) electrons. The molecule has 1 aliphatic heterocycles. The van der Waals surface area contributed by atoms with Crippen molar-refractivity contribution in [3.8, 4) is 5.75 Å². The fourth-order valence-electron chi connectivity index (χ4n) is 3.37. The van der Waals surface area contributed by atoms with E-state index in [2.05, 4.69) is 27.8 Å². The lowest BCUT2D eigenvalue weighted by Crippen LogP contribution is -2.45. The maximum Gasteiger partial charge on any atom is 0.246 e. The number of nitrogens with zero attached hydrogens (tertiary/aromatic N) is 3. The summed E-state index contributed by atoms with van der Waals surface area (Å²) in [6.45, 7) is 5.77. The molecule has 1 aliphatic rings. The monoisotopic (exact) mass is 447 g/mol. The van der Waals surface area contributed by atoms with Crippen molar-refractivity contribution in [3.05, 3.63) is 22.7 Å². The second-order valence-electron chi connectivity index (χ2n) is 6.89. The van der Waals surface area contributed by atoms with Gasteiger partial charge in [-0.1, -0.05) is 22.9 Å². The maximum absolute atomic E-state index is 13.4. The topological polar surface area (TPSA) is 53.1 Å². The zero-order chi connectivity index (χ0) is 19.3. The van der Waals surface area contributed by atoms with E-state index in [-0.39, 0.29) is 10.9 Å². The molecular weight excluding hydrogens is 418 g/mol. The lowest BCUT2D eigenvalue weighted by molar-refractivity contribution is 0.219. The Balaban J connectivity index is 2.35. The van der Waals surface area contributed by atoms with Crippen molar-refractivity contribution in [3.63, 3.8) is 0 Å². The van der Waals surface area contributed by atoms with Crippen LogP contribution in [-0.4, -0.2) is 82.5 Å². The molecule has 1 unspecified atom stereocenters. The molecule has 0 aromatic heterocycles. The number of likely N-dealkylation sites (N-methyl/N-ethyl adjacent to an activating group) is 2. The van der Waals surface area contributed by atoms with Crippen LogP contribution in [0.25, 0.3) is 0 Å². The Morgan fingerprint density at radius 2 is 2.04 bits per heavy atom. The predicted molar refractivity (Wildman–Crippen MR) is 108 cm³/mol. The summed E-state index contributed by atoms with van der Waals surface area (Å²) in [5, 5.41) is 0. The van der Waals surface area contributed by atoms with Crippen molar-refractivity contribution in [1.82, 2.24) is 14.1 Å². The third kappa shape index (κ3) is 5.19. The molecule has 0 N–H and O–H groups in total. The van der Waals surface area contributed by atoms with Crippen LogP contribution in [0.4, 0.5) is 0 Å². The van der Waals surface area contributed by atoms with Gasteiger partial charge in [-0.3, -0.25) is 4.90 Å². The summed E-state index contributed by atoms with van der Waals surface area (Å²) < 4.78 is 34.6. The Bertz CT molecular complexity index is 697. The van der Waals surface area contributed by atoms with Crippen LogP contribution in [0.5, 0.6) is 5.75 Å². The highest BCUT2D eigenvalue weighted by Gasteiger charge is 2.33. The van der Waals surface area contributed by atoms with Crippen molar-refractivity contribution in [2.24, 2.45) is 0 Å². The summed E-state index contributed by atoms with van der Waals surface area (Å²) in [5.41, 5.74) is 0. The molecule has 0 aliphatic carbocycles. The molecule has 2 rings (SSSR count). The van der Waals surface area contributed by atoms with E-state index in [1.54, 1.807) is 22.5 Å². The van der Waals surface area contributed by atoms with Crippen LogP contribution in [0.2, 0.25) is 0 Å². The number of ether oxygens (including phenoxy) is 1. The van der Waals surface area contributed by atoms with Gasteiger partial charge in [0.2, 0.25) is 10.0 Å². The number of benzene rings is 1. The number of halogens is 1. The second kappa shape index (κ2) is 9.50. The van der Waals surface area contributed by atoms with E-state index < -0.39 is 10.0 Å². The smallest absolute Gasteiger partial charge is 0.246 e. The van der Waals surface area contributed by atoms with Gasteiger partial charge in [-0.2, -0.15) is 4.31 Å². The number of rotatable bonds is 9. The molecule has 0 saturated carbocycles. The third-order valence-electron chi connectivity index (χ3n) is 4.86. The van der Waals surface area contributed by atoms with Gasteiger partial charge in [0, 0.05) is 30.1 Å². The molecule has 1 fully saturated rings. The van der Waals surface area contributed by atoms with E-state index in [1.807, 2.05) is 19.0 Å². The molecule has 148 valence electrons. The Hall–Kier alpha value is -0.670. The van der Waals surface area contributed by atoms with Crippen LogP contribution in [0.3, 0.4) is 0 Å². The molecule has 0 spiro atoms. The minimum absolute atomic E-state index is 0.217. The van der Waals surface area contributed by atoms with Crippen molar-refractivity contribution in [2.45, 2.75) is 30.7 Å². The zero-order valence-corrected chi connectivity index (χ0v) is 18.5. The fourth-order valence-corrected chi connectivity index (χ4v) is 5.53. The number of hydrogen-bond acceptors (Lipinski definition) is 5. The molecule has 0 bridgehead atoms.